The molecule has 5 heteroatoms. The van der Waals surface area contributed by atoms with E-state index in [4.69, 9.17) is 5.73 Å². The summed E-state index contributed by atoms with van der Waals surface area (Å²) in [7, 11) is 0. The van der Waals surface area contributed by atoms with E-state index >= 15 is 0 Å². The van der Waals surface area contributed by atoms with Gasteiger partial charge in [0.25, 0.3) is 5.91 Å². The predicted octanol–water partition coefficient (Wildman–Crippen LogP) is 1.26. The van der Waals surface area contributed by atoms with Crippen molar-refractivity contribution in [2.45, 2.75) is 19.8 Å². The molecule has 1 aromatic carbocycles. The van der Waals surface area contributed by atoms with Gasteiger partial charge in [-0.2, -0.15) is 5.48 Å². The third-order valence-corrected chi connectivity index (χ3v) is 1.92. The Morgan fingerprint density at radius 1 is 1.38 bits per heavy atom. The third kappa shape index (κ3) is 3.27. The summed E-state index contributed by atoms with van der Waals surface area (Å²) in [6.45, 7) is 1.86. The van der Waals surface area contributed by atoms with E-state index in [0.29, 0.717) is 18.5 Å². The molecule has 0 spiro atoms. The van der Waals surface area contributed by atoms with Crippen LogP contribution in [0.2, 0.25) is 0 Å². The number of rotatable bonds is 3. The third-order valence-electron chi connectivity index (χ3n) is 1.92. The summed E-state index contributed by atoms with van der Waals surface area (Å²) in [4.78, 5) is 27.1. The lowest BCUT2D eigenvalue weighted by molar-refractivity contribution is -0.130. The second-order valence-corrected chi connectivity index (χ2v) is 3.25. The minimum atomic E-state index is -0.664. The molecule has 0 aromatic heterocycles. The number of anilines is 1. The largest absolute Gasteiger partial charge is 0.398 e. The normalized spacial score (nSPS) is 9.56. The Balaban J connectivity index is 2.54. The van der Waals surface area contributed by atoms with Gasteiger partial charge in [0.1, 0.15) is 0 Å². The molecule has 1 aromatic rings. The smallest absolute Gasteiger partial charge is 0.365 e. The number of carbonyl (C=O) groups is 2. The Kier molecular flexibility index (Phi) is 4.32. The molecule has 1 amide bonds. The van der Waals surface area contributed by atoms with Crippen LogP contribution in [0.15, 0.2) is 24.3 Å². The quantitative estimate of drug-likeness (QED) is 0.595. The summed E-state index contributed by atoms with van der Waals surface area (Å²) in [5, 5.41) is 0. The molecule has 16 heavy (non-hydrogen) atoms. The molecule has 0 saturated heterocycles. The SMILES string of the molecule is CCCC(=O)NOC(=O)c1ccccc1N. The fourth-order valence-electron chi connectivity index (χ4n) is 1.12. The van der Waals surface area contributed by atoms with Gasteiger partial charge in [0.05, 0.1) is 5.56 Å². The highest BCUT2D eigenvalue weighted by Gasteiger charge is 2.11. The van der Waals surface area contributed by atoms with Crippen molar-refractivity contribution in [3.8, 4) is 0 Å². The summed E-state index contributed by atoms with van der Waals surface area (Å²) in [5.41, 5.74) is 8.19. The Morgan fingerprint density at radius 3 is 2.69 bits per heavy atom. The van der Waals surface area contributed by atoms with Gasteiger partial charge in [-0.05, 0) is 18.6 Å². The highest BCUT2D eigenvalue weighted by Crippen LogP contribution is 2.10. The van der Waals surface area contributed by atoms with Crippen molar-refractivity contribution in [1.29, 1.82) is 0 Å². The van der Waals surface area contributed by atoms with Crippen molar-refractivity contribution < 1.29 is 14.4 Å². The van der Waals surface area contributed by atoms with Crippen molar-refractivity contribution >= 4 is 17.6 Å². The minimum Gasteiger partial charge on any atom is -0.398 e. The molecule has 86 valence electrons. The average molecular weight is 222 g/mol. The highest BCUT2D eigenvalue weighted by atomic mass is 16.7. The maximum atomic E-state index is 11.5. The van der Waals surface area contributed by atoms with Crippen molar-refractivity contribution in [3.63, 3.8) is 0 Å². The van der Waals surface area contributed by atoms with Gasteiger partial charge < -0.3 is 10.6 Å². The van der Waals surface area contributed by atoms with Crippen LogP contribution in [0.4, 0.5) is 5.69 Å². The number of benzene rings is 1. The summed E-state index contributed by atoms with van der Waals surface area (Å²) in [5.74, 6) is -0.993. The van der Waals surface area contributed by atoms with E-state index in [1.807, 2.05) is 6.92 Å². The molecule has 0 bridgehead atoms. The minimum absolute atomic E-state index is 0.235. The Hall–Kier alpha value is -2.04. The number of amides is 1. The monoisotopic (exact) mass is 222 g/mol. The lowest BCUT2D eigenvalue weighted by atomic mass is 10.2. The van der Waals surface area contributed by atoms with E-state index in [0.717, 1.165) is 0 Å². The fraction of sp³-hybridized carbons (Fsp3) is 0.273. The van der Waals surface area contributed by atoms with Crippen LogP contribution < -0.4 is 11.2 Å². The highest BCUT2D eigenvalue weighted by molar-refractivity contribution is 5.95. The molecule has 0 unspecified atom stereocenters. The van der Waals surface area contributed by atoms with E-state index in [9.17, 15) is 9.59 Å². The van der Waals surface area contributed by atoms with Crippen LogP contribution in [-0.4, -0.2) is 11.9 Å². The number of hydrogen-bond donors (Lipinski definition) is 2. The zero-order chi connectivity index (χ0) is 12.0. The first-order valence-corrected chi connectivity index (χ1v) is 4.99. The van der Waals surface area contributed by atoms with Crippen LogP contribution in [0.3, 0.4) is 0 Å². The molecule has 0 radical (unpaired) electrons. The summed E-state index contributed by atoms with van der Waals surface area (Å²) in [6.07, 6.45) is 1.01. The lowest BCUT2D eigenvalue weighted by Crippen LogP contribution is -2.27. The lowest BCUT2D eigenvalue weighted by Gasteiger charge is -2.06. The average Bonchev–Trinajstić information content (AvgIpc) is 2.27. The molecule has 0 saturated carbocycles. The van der Waals surface area contributed by atoms with Gasteiger partial charge in [0.15, 0.2) is 0 Å². The second kappa shape index (κ2) is 5.75. The van der Waals surface area contributed by atoms with Crippen molar-refractivity contribution in [2.75, 3.05) is 5.73 Å². The van der Waals surface area contributed by atoms with Gasteiger partial charge in [-0.25, -0.2) is 4.79 Å². The number of para-hydroxylation sites is 1. The van der Waals surface area contributed by atoms with Gasteiger partial charge in [0, 0.05) is 12.1 Å². The molecule has 3 N–H and O–H groups in total. The van der Waals surface area contributed by atoms with E-state index < -0.39 is 5.97 Å². The molecule has 1 rings (SSSR count). The Bertz CT molecular complexity index is 391. The van der Waals surface area contributed by atoms with E-state index in [2.05, 4.69) is 10.3 Å². The van der Waals surface area contributed by atoms with Crippen molar-refractivity contribution in [1.82, 2.24) is 5.48 Å². The molecular weight excluding hydrogens is 208 g/mol. The molecule has 0 aliphatic rings. The summed E-state index contributed by atoms with van der Waals surface area (Å²) < 4.78 is 0. The van der Waals surface area contributed by atoms with Crippen LogP contribution >= 0.6 is 0 Å². The number of nitrogens with one attached hydrogen (secondary N) is 1. The topological polar surface area (TPSA) is 81.4 Å². The zero-order valence-electron chi connectivity index (χ0n) is 9.03. The summed E-state index contributed by atoms with van der Waals surface area (Å²) in [6, 6.07) is 6.50. The van der Waals surface area contributed by atoms with E-state index in [1.54, 1.807) is 18.2 Å². The summed E-state index contributed by atoms with van der Waals surface area (Å²) >= 11 is 0. The van der Waals surface area contributed by atoms with Crippen LogP contribution in [0, 0.1) is 0 Å². The fourth-order valence-corrected chi connectivity index (χ4v) is 1.12. The van der Waals surface area contributed by atoms with Crippen molar-refractivity contribution in [3.05, 3.63) is 29.8 Å². The van der Waals surface area contributed by atoms with Gasteiger partial charge in [0.2, 0.25) is 0 Å². The Morgan fingerprint density at radius 2 is 2.06 bits per heavy atom. The molecule has 5 nitrogen and oxygen atoms in total. The van der Waals surface area contributed by atoms with Gasteiger partial charge in [-0.15, -0.1) is 0 Å². The first-order chi connectivity index (χ1) is 7.65. The van der Waals surface area contributed by atoms with E-state index in [1.165, 1.54) is 6.07 Å². The first kappa shape index (κ1) is 12.0. The standard InChI is InChI=1S/C11H14N2O3/c1-2-5-10(14)13-16-11(15)8-6-3-4-7-9(8)12/h3-4,6-7H,2,5,12H2,1H3,(H,13,14). The second-order valence-electron chi connectivity index (χ2n) is 3.25. The van der Waals surface area contributed by atoms with Gasteiger partial charge in [-0.1, -0.05) is 19.1 Å². The maximum absolute atomic E-state index is 11.5. The maximum Gasteiger partial charge on any atom is 0.365 e. The van der Waals surface area contributed by atoms with Crippen LogP contribution in [0.1, 0.15) is 30.1 Å². The first-order valence-electron chi connectivity index (χ1n) is 4.99. The molecule has 0 aliphatic heterocycles. The van der Waals surface area contributed by atoms with Crippen LogP contribution in [-0.2, 0) is 9.63 Å². The molecule has 0 atom stereocenters. The molecular formula is C11H14N2O3. The number of hydrogen-bond acceptors (Lipinski definition) is 4. The number of hydroxylamine groups is 1. The van der Waals surface area contributed by atoms with E-state index in [-0.39, 0.29) is 11.5 Å². The van der Waals surface area contributed by atoms with Gasteiger partial charge >= 0.3 is 5.97 Å². The zero-order valence-corrected chi connectivity index (χ0v) is 9.03. The number of nitrogens with two attached hydrogens (primary N) is 1. The number of carbonyl (C=O) groups excluding carboxylic acids is 2. The molecule has 0 aliphatic carbocycles. The Labute approximate surface area is 93.5 Å². The van der Waals surface area contributed by atoms with Crippen molar-refractivity contribution in [2.24, 2.45) is 0 Å². The van der Waals surface area contributed by atoms with Crippen LogP contribution in [0.5, 0.6) is 0 Å². The molecule has 0 fully saturated rings. The van der Waals surface area contributed by atoms with Gasteiger partial charge in [-0.3, -0.25) is 4.79 Å². The molecule has 0 heterocycles. The van der Waals surface area contributed by atoms with Crippen LogP contribution in [0.25, 0.3) is 0 Å². The predicted molar refractivity (Wildman–Crippen MR) is 59.3 cm³/mol. The number of nitrogen functional groups attached to an aromatic ring is 1.